The van der Waals surface area contributed by atoms with E-state index >= 15 is 0 Å². The third kappa shape index (κ3) is 3.05. The van der Waals surface area contributed by atoms with E-state index in [1.807, 2.05) is 30.1 Å². The zero-order valence-electron chi connectivity index (χ0n) is 11.5. The van der Waals surface area contributed by atoms with Crippen molar-refractivity contribution in [1.29, 1.82) is 0 Å². The van der Waals surface area contributed by atoms with Gasteiger partial charge in [-0.3, -0.25) is 0 Å². The summed E-state index contributed by atoms with van der Waals surface area (Å²) in [6.07, 6.45) is 6.34. The van der Waals surface area contributed by atoms with Crippen molar-refractivity contribution in [1.82, 2.24) is 14.6 Å². The molecule has 0 spiro atoms. The average Bonchev–Trinajstić information content (AvgIpc) is 2.86. The van der Waals surface area contributed by atoms with Gasteiger partial charge >= 0.3 is 0 Å². The zero-order valence-corrected chi connectivity index (χ0v) is 13.9. The number of anilines is 1. The molecule has 0 bridgehead atoms. The Morgan fingerprint density at radius 2 is 2.16 bits per heavy atom. The van der Waals surface area contributed by atoms with Crippen molar-refractivity contribution in [2.75, 3.05) is 18.1 Å². The van der Waals surface area contributed by atoms with Gasteiger partial charge in [-0.1, -0.05) is 13.8 Å². The van der Waals surface area contributed by atoms with Gasteiger partial charge in [0.05, 0.1) is 4.47 Å². The van der Waals surface area contributed by atoms with E-state index in [0.717, 1.165) is 29.5 Å². The maximum absolute atomic E-state index is 4.50. The molecule has 2 aromatic heterocycles. The molecule has 1 N–H and O–H groups in total. The average molecular weight is 343 g/mol. The fourth-order valence-electron chi connectivity index (χ4n) is 2.05. The molecule has 19 heavy (non-hydrogen) atoms. The van der Waals surface area contributed by atoms with Crippen molar-refractivity contribution in [2.24, 2.45) is 0 Å². The molecule has 4 nitrogen and oxygen atoms in total. The predicted octanol–water partition coefficient (Wildman–Crippen LogP) is 3.83. The Kier molecular flexibility index (Phi) is 4.73. The fraction of sp³-hybridized carbons (Fsp3) is 0.538. The summed E-state index contributed by atoms with van der Waals surface area (Å²) in [6, 6.07) is 3.91. The summed E-state index contributed by atoms with van der Waals surface area (Å²) < 4.78 is 3.00. The SMILES string of the molecule is CCC(CC)(CNc1nc2c(Br)cccn2n1)SC. The maximum Gasteiger partial charge on any atom is 0.243 e. The molecule has 0 atom stereocenters. The van der Waals surface area contributed by atoms with E-state index in [0.29, 0.717) is 5.95 Å². The van der Waals surface area contributed by atoms with Crippen molar-refractivity contribution in [2.45, 2.75) is 31.4 Å². The maximum atomic E-state index is 4.50. The lowest BCUT2D eigenvalue weighted by Crippen LogP contribution is -2.32. The number of nitrogens with zero attached hydrogens (tertiary/aromatic N) is 3. The number of aromatic nitrogens is 3. The summed E-state index contributed by atoms with van der Waals surface area (Å²) in [7, 11) is 0. The summed E-state index contributed by atoms with van der Waals surface area (Å²) in [5, 5.41) is 7.80. The highest BCUT2D eigenvalue weighted by molar-refractivity contribution is 9.10. The highest BCUT2D eigenvalue weighted by Gasteiger charge is 2.25. The first-order valence-electron chi connectivity index (χ1n) is 6.44. The molecule has 0 saturated carbocycles. The molecule has 2 rings (SSSR count). The van der Waals surface area contributed by atoms with E-state index in [1.165, 1.54) is 0 Å². The molecule has 2 aromatic rings. The monoisotopic (exact) mass is 342 g/mol. The Hall–Kier alpha value is -0.750. The number of thioether (sulfide) groups is 1. The summed E-state index contributed by atoms with van der Waals surface area (Å²) in [5.74, 6) is 0.687. The number of halogens is 1. The molecule has 0 aliphatic rings. The third-order valence-electron chi connectivity index (χ3n) is 3.61. The van der Waals surface area contributed by atoms with Gasteiger partial charge in [-0.05, 0) is 47.2 Å². The summed E-state index contributed by atoms with van der Waals surface area (Å²) in [6.45, 7) is 5.35. The van der Waals surface area contributed by atoms with Crippen molar-refractivity contribution < 1.29 is 0 Å². The first-order chi connectivity index (χ1) is 9.14. The van der Waals surface area contributed by atoms with Crippen LogP contribution in [0.15, 0.2) is 22.8 Å². The lowest BCUT2D eigenvalue weighted by molar-refractivity contribution is 0.573. The Bertz CT molecular complexity index is 542. The minimum Gasteiger partial charge on any atom is -0.352 e. The second-order valence-electron chi connectivity index (χ2n) is 4.51. The molecule has 6 heteroatoms. The highest BCUT2D eigenvalue weighted by atomic mass is 79.9. The number of nitrogens with one attached hydrogen (secondary N) is 1. The van der Waals surface area contributed by atoms with Crippen LogP contribution in [0.25, 0.3) is 5.65 Å². The summed E-state index contributed by atoms with van der Waals surface area (Å²) in [5.41, 5.74) is 0.841. The Balaban J connectivity index is 2.16. The van der Waals surface area contributed by atoms with E-state index in [-0.39, 0.29) is 4.75 Å². The second-order valence-corrected chi connectivity index (χ2v) is 6.64. The van der Waals surface area contributed by atoms with E-state index in [9.17, 15) is 0 Å². The number of fused-ring (bicyclic) bond motifs is 1. The number of hydrogen-bond acceptors (Lipinski definition) is 4. The summed E-state index contributed by atoms with van der Waals surface area (Å²) in [4.78, 5) is 4.50. The third-order valence-corrected chi connectivity index (χ3v) is 5.81. The van der Waals surface area contributed by atoms with Gasteiger partial charge in [0.25, 0.3) is 0 Å². The molecule has 0 unspecified atom stereocenters. The van der Waals surface area contributed by atoms with E-state index in [4.69, 9.17) is 0 Å². The topological polar surface area (TPSA) is 42.2 Å². The van der Waals surface area contributed by atoms with Crippen molar-refractivity contribution in [3.8, 4) is 0 Å². The molecule has 0 aliphatic carbocycles. The molecule has 0 aromatic carbocycles. The molecule has 104 valence electrons. The molecular weight excluding hydrogens is 324 g/mol. The molecule has 0 fully saturated rings. The Morgan fingerprint density at radius 1 is 1.42 bits per heavy atom. The number of pyridine rings is 1. The van der Waals surface area contributed by atoms with E-state index < -0.39 is 0 Å². The van der Waals surface area contributed by atoms with Crippen LogP contribution in [0.4, 0.5) is 5.95 Å². The van der Waals surface area contributed by atoms with Crippen LogP contribution in [-0.2, 0) is 0 Å². The van der Waals surface area contributed by atoms with Gasteiger partial charge in [-0.2, -0.15) is 16.7 Å². The van der Waals surface area contributed by atoms with Crippen molar-refractivity contribution in [3.05, 3.63) is 22.8 Å². The van der Waals surface area contributed by atoms with Gasteiger partial charge in [-0.25, -0.2) is 4.52 Å². The summed E-state index contributed by atoms with van der Waals surface area (Å²) >= 11 is 5.40. The minimum absolute atomic E-state index is 0.259. The van der Waals surface area contributed by atoms with Crippen LogP contribution in [0.2, 0.25) is 0 Å². The molecule has 0 aliphatic heterocycles. The van der Waals surface area contributed by atoms with Crippen LogP contribution in [-0.4, -0.2) is 32.1 Å². The van der Waals surface area contributed by atoms with Crippen LogP contribution in [0.5, 0.6) is 0 Å². The number of hydrogen-bond donors (Lipinski definition) is 1. The lowest BCUT2D eigenvalue weighted by atomic mass is 10.0. The molecular formula is C13H19BrN4S. The van der Waals surface area contributed by atoms with Crippen LogP contribution >= 0.6 is 27.7 Å². The molecule has 0 saturated heterocycles. The standard InChI is InChI=1S/C13H19BrN4S/c1-4-13(5-2,19-3)9-15-12-16-11-10(14)7-6-8-18(11)17-12/h6-8H,4-5,9H2,1-3H3,(H,15,17). The lowest BCUT2D eigenvalue weighted by Gasteiger charge is -2.29. The molecule has 2 heterocycles. The van der Waals surface area contributed by atoms with E-state index in [1.54, 1.807) is 4.52 Å². The Labute approximate surface area is 126 Å². The predicted molar refractivity (Wildman–Crippen MR) is 86.0 cm³/mol. The quantitative estimate of drug-likeness (QED) is 0.866. The first kappa shape index (κ1) is 14.7. The minimum atomic E-state index is 0.259. The van der Waals surface area contributed by atoms with Gasteiger partial charge < -0.3 is 5.32 Å². The Morgan fingerprint density at radius 3 is 2.74 bits per heavy atom. The van der Waals surface area contributed by atoms with Gasteiger partial charge in [0.1, 0.15) is 0 Å². The van der Waals surface area contributed by atoms with Crippen molar-refractivity contribution in [3.63, 3.8) is 0 Å². The van der Waals surface area contributed by atoms with Gasteiger partial charge in [0.2, 0.25) is 5.95 Å². The van der Waals surface area contributed by atoms with Crippen LogP contribution < -0.4 is 5.32 Å². The van der Waals surface area contributed by atoms with Crippen LogP contribution in [0, 0.1) is 0 Å². The van der Waals surface area contributed by atoms with Crippen LogP contribution in [0.3, 0.4) is 0 Å². The number of rotatable bonds is 6. The normalized spacial score (nSPS) is 12.0. The fourth-order valence-corrected chi connectivity index (χ4v) is 3.27. The van der Waals surface area contributed by atoms with Gasteiger partial charge in [-0.15, -0.1) is 5.10 Å². The van der Waals surface area contributed by atoms with Gasteiger partial charge in [0, 0.05) is 17.5 Å². The molecule has 0 radical (unpaired) electrons. The van der Waals surface area contributed by atoms with Crippen LogP contribution in [0.1, 0.15) is 26.7 Å². The zero-order chi connectivity index (χ0) is 13.9. The highest BCUT2D eigenvalue weighted by Crippen LogP contribution is 2.30. The van der Waals surface area contributed by atoms with Crippen molar-refractivity contribution >= 4 is 39.3 Å². The largest absolute Gasteiger partial charge is 0.352 e. The van der Waals surface area contributed by atoms with E-state index in [2.05, 4.69) is 51.4 Å². The van der Waals surface area contributed by atoms with Gasteiger partial charge in [0.15, 0.2) is 5.65 Å². The smallest absolute Gasteiger partial charge is 0.243 e. The first-order valence-corrected chi connectivity index (χ1v) is 8.46. The molecule has 0 amide bonds. The second kappa shape index (κ2) is 6.13.